The van der Waals surface area contributed by atoms with E-state index in [0.29, 0.717) is 12.3 Å². The Morgan fingerprint density at radius 3 is 2.20 bits per heavy atom. The first-order valence-electron chi connectivity index (χ1n) is 11.4. The van der Waals surface area contributed by atoms with Gasteiger partial charge in [0.2, 0.25) is 5.71 Å². The number of nitrogens with zero attached hydrogens (tertiary/aromatic N) is 2. The van der Waals surface area contributed by atoms with Crippen LogP contribution in [0.4, 0.5) is 22.0 Å². The molecule has 0 aliphatic rings. The second-order valence-corrected chi connectivity index (χ2v) is 8.14. The van der Waals surface area contributed by atoms with Gasteiger partial charge < -0.3 is 20.4 Å². The minimum absolute atomic E-state index is 0.274. The van der Waals surface area contributed by atoms with Crippen LogP contribution in [-0.4, -0.2) is 22.5 Å². The third-order valence-electron chi connectivity index (χ3n) is 5.71. The van der Waals surface area contributed by atoms with Gasteiger partial charge in [-0.2, -0.15) is 0 Å². The van der Waals surface area contributed by atoms with E-state index in [1.54, 1.807) is 0 Å². The number of rotatable bonds is 7. The molecule has 2 amide bonds. The summed E-state index contributed by atoms with van der Waals surface area (Å²) >= 11 is 0. The van der Waals surface area contributed by atoms with Crippen LogP contribution in [-0.2, 0) is 6.42 Å². The summed E-state index contributed by atoms with van der Waals surface area (Å²) < 4.78 is 6.04. The molecule has 2 aromatic heterocycles. The normalized spacial score (nSPS) is 10.8. The zero-order valence-corrected chi connectivity index (χ0v) is 19.3. The number of carbonyl (C=O) groups excluding carboxylic acids is 1. The van der Waals surface area contributed by atoms with E-state index in [2.05, 4.69) is 25.9 Å². The van der Waals surface area contributed by atoms with Crippen molar-refractivity contribution in [3.8, 4) is 11.3 Å². The molecule has 0 unspecified atom stereocenters. The molecule has 5 aromatic rings. The zero-order valence-electron chi connectivity index (χ0n) is 19.3. The van der Waals surface area contributed by atoms with Crippen LogP contribution < -0.4 is 16.0 Å². The number of anilines is 3. The number of carbonyl (C=O) groups is 1. The Hall–Kier alpha value is -4.65. The summed E-state index contributed by atoms with van der Waals surface area (Å²) in [6, 6.07) is 26.9. The highest BCUT2D eigenvalue weighted by Crippen LogP contribution is 2.34. The van der Waals surface area contributed by atoms with Gasteiger partial charge in [-0.1, -0.05) is 60.7 Å². The summed E-state index contributed by atoms with van der Waals surface area (Å²) in [6.07, 6.45) is 2.31. The van der Waals surface area contributed by atoms with E-state index < -0.39 is 0 Å². The predicted octanol–water partition coefficient (Wildman–Crippen LogP) is 6.50. The zero-order chi connectivity index (χ0) is 24.0. The summed E-state index contributed by atoms with van der Waals surface area (Å²) in [5.41, 5.74) is 5.22. The average Bonchev–Trinajstić information content (AvgIpc) is 3.23. The topological polar surface area (TPSA) is 92.1 Å². The highest BCUT2D eigenvalue weighted by atomic mass is 16.3. The van der Waals surface area contributed by atoms with Gasteiger partial charge in [0.05, 0.1) is 5.39 Å². The van der Waals surface area contributed by atoms with Gasteiger partial charge in [-0.3, -0.25) is 0 Å². The Balaban J connectivity index is 1.20. The molecule has 5 rings (SSSR count). The second kappa shape index (κ2) is 10.1. The van der Waals surface area contributed by atoms with E-state index >= 15 is 0 Å². The number of urea groups is 1. The number of amides is 2. The van der Waals surface area contributed by atoms with Crippen molar-refractivity contribution in [2.45, 2.75) is 13.3 Å². The molecule has 7 nitrogen and oxygen atoms in total. The maximum atomic E-state index is 12.2. The van der Waals surface area contributed by atoms with Crippen LogP contribution in [0.1, 0.15) is 11.1 Å². The standard InChI is InChI=1S/C28H25N5O2/c1-19-24-26(30-18-31-27(24)35-25(19)21-8-4-2-5-9-21)29-17-16-20-12-14-23(15-13-20)33-28(34)32-22-10-6-3-7-11-22/h2-15,18H,16-17H2,1H3,(H,29,30,31)(H2,32,33,34). The summed E-state index contributed by atoms with van der Waals surface area (Å²) in [5.74, 6) is 1.57. The Labute approximate surface area is 203 Å². The highest BCUT2D eigenvalue weighted by Gasteiger charge is 2.17. The van der Waals surface area contributed by atoms with Gasteiger partial charge in [-0.15, -0.1) is 0 Å². The van der Waals surface area contributed by atoms with Crippen LogP contribution >= 0.6 is 0 Å². The molecule has 0 fully saturated rings. The quantitative estimate of drug-likeness (QED) is 0.256. The lowest BCUT2D eigenvalue weighted by Gasteiger charge is -2.09. The molecule has 0 radical (unpaired) electrons. The molecule has 0 aliphatic carbocycles. The van der Waals surface area contributed by atoms with Crippen molar-refractivity contribution in [2.24, 2.45) is 0 Å². The van der Waals surface area contributed by atoms with E-state index in [-0.39, 0.29) is 6.03 Å². The van der Waals surface area contributed by atoms with Crippen molar-refractivity contribution in [3.05, 3.63) is 102 Å². The van der Waals surface area contributed by atoms with Crippen molar-refractivity contribution in [1.29, 1.82) is 0 Å². The SMILES string of the molecule is Cc1c(-c2ccccc2)oc2ncnc(NCCc3ccc(NC(=O)Nc4ccccc4)cc3)c12. The second-order valence-electron chi connectivity index (χ2n) is 8.14. The first-order valence-corrected chi connectivity index (χ1v) is 11.4. The molecular weight excluding hydrogens is 438 g/mol. The summed E-state index contributed by atoms with van der Waals surface area (Å²) in [6.45, 7) is 2.72. The van der Waals surface area contributed by atoms with Gasteiger partial charge in [0, 0.05) is 29.0 Å². The first kappa shape index (κ1) is 22.2. The number of para-hydroxylation sites is 1. The van der Waals surface area contributed by atoms with Gasteiger partial charge in [0.1, 0.15) is 17.9 Å². The summed E-state index contributed by atoms with van der Waals surface area (Å²) in [7, 11) is 0. The van der Waals surface area contributed by atoms with E-state index in [1.165, 1.54) is 6.33 Å². The molecule has 3 aromatic carbocycles. The molecule has 3 N–H and O–H groups in total. The number of furan rings is 1. The van der Waals surface area contributed by atoms with Gasteiger partial charge in [0.15, 0.2) is 0 Å². The molecule has 0 saturated carbocycles. The molecule has 0 spiro atoms. The third kappa shape index (κ3) is 5.14. The van der Waals surface area contributed by atoms with Crippen LogP contribution in [0, 0.1) is 6.92 Å². The van der Waals surface area contributed by atoms with Crippen LogP contribution in [0.5, 0.6) is 0 Å². The van der Waals surface area contributed by atoms with Crippen molar-refractivity contribution >= 4 is 34.3 Å². The monoisotopic (exact) mass is 463 g/mol. The Morgan fingerprint density at radius 1 is 0.829 bits per heavy atom. The molecule has 2 heterocycles. The third-order valence-corrected chi connectivity index (χ3v) is 5.71. The fourth-order valence-corrected chi connectivity index (χ4v) is 3.97. The number of hydrogen-bond donors (Lipinski definition) is 3. The molecule has 0 atom stereocenters. The Morgan fingerprint density at radius 2 is 1.49 bits per heavy atom. The smallest absolute Gasteiger partial charge is 0.323 e. The lowest BCUT2D eigenvalue weighted by molar-refractivity contribution is 0.262. The molecule has 35 heavy (non-hydrogen) atoms. The number of benzene rings is 3. The van der Waals surface area contributed by atoms with E-state index in [0.717, 1.165) is 51.5 Å². The number of aryl methyl sites for hydroxylation is 1. The fourth-order valence-electron chi connectivity index (χ4n) is 3.97. The van der Waals surface area contributed by atoms with Gasteiger partial charge in [-0.05, 0) is 43.2 Å². The average molecular weight is 464 g/mol. The van der Waals surface area contributed by atoms with Crippen molar-refractivity contribution in [1.82, 2.24) is 9.97 Å². The summed E-state index contributed by atoms with van der Waals surface area (Å²) in [4.78, 5) is 20.9. The van der Waals surface area contributed by atoms with Gasteiger partial charge >= 0.3 is 6.03 Å². The Bertz CT molecular complexity index is 1430. The fraction of sp³-hybridized carbons (Fsp3) is 0.107. The Kier molecular flexibility index (Phi) is 6.39. The van der Waals surface area contributed by atoms with Gasteiger partial charge in [0.25, 0.3) is 0 Å². The van der Waals surface area contributed by atoms with Crippen molar-refractivity contribution in [2.75, 3.05) is 22.5 Å². The van der Waals surface area contributed by atoms with Gasteiger partial charge in [-0.25, -0.2) is 14.8 Å². The predicted molar refractivity (Wildman–Crippen MR) is 140 cm³/mol. The maximum absolute atomic E-state index is 12.2. The lowest BCUT2D eigenvalue weighted by atomic mass is 10.1. The number of aromatic nitrogens is 2. The maximum Gasteiger partial charge on any atom is 0.323 e. The van der Waals surface area contributed by atoms with E-state index in [1.807, 2.05) is 91.9 Å². The number of hydrogen-bond acceptors (Lipinski definition) is 5. The minimum atomic E-state index is -0.274. The molecule has 0 bridgehead atoms. The summed E-state index contributed by atoms with van der Waals surface area (Å²) in [5, 5.41) is 9.98. The molecule has 0 saturated heterocycles. The lowest BCUT2D eigenvalue weighted by Crippen LogP contribution is -2.19. The van der Waals surface area contributed by atoms with Crippen molar-refractivity contribution in [3.63, 3.8) is 0 Å². The van der Waals surface area contributed by atoms with Crippen LogP contribution in [0.3, 0.4) is 0 Å². The molecular formula is C28H25N5O2. The number of nitrogens with one attached hydrogen (secondary N) is 3. The van der Waals surface area contributed by atoms with Crippen LogP contribution in [0.15, 0.2) is 95.7 Å². The largest absolute Gasteiger partial charge is 0.437 e. The molecule has 174 valence electrons. The minimum Gasteiger partial charge on any atom is -0.437 e. The number of fused-ring (bicyclic) bond motifs is 1. The van der Waals surface area contributed by atoms with Crippen molar-refractivity contribution < 1.29 is 9.21 Å². The highest BCUT2D eigenvalue weighted by molar-refractivity contribution is 5.99. The van der Waals surface area contributed by atoms with E-state index in [4.69, 9.17) is 4.42 Å². The van der Waals surface area contributed by atoms with Crippen LogP contribution in [0.2, 0.25) is 0 Å². The van der Waals surface area contributed by atoms with E-state index in [9.17, 15) is 4.79 Å². The molecule has 7 heteroatoms. The van der Waals surface area contributed by atoms with Crippen LogP contribution in [0.25, 0.3) is 22.4 Å². The first-order chi connectivity index (χ1) is 17.2. The molecule has 0 aliphatic heterocycles.